The fraction of sp³-hybridized carbons (Fsp3) is 0.300. The number of hydrogen-bond donors (Lipinski definition) is 2. The van der Waals surface area contributed by atoms with Crippen LogP contribution in [0.25, 0.3) is 0 Å². The van der Waals surface area contributed by atoms with Gasteiger partial charge < -0.3 is 15.4 Å². The van der Waals surface area contributed by atoms with Gasteiger partial charge in [0.1, 0.15) is 16.8 Å². The molecule has 0 fully saturated rings. The Labute approximate surface area is 173 Å². The highest BCUT2D eigenvalue weighted by molar-refractivity contribution is 6.32. The number of rotatable bonds is 8. The average Bonchev–Trinajstić information content (AvgIpc) is 2.70. The molecule has 8 nitrogen and oxygen atoms in total. The van der Waals surface area contributed by atoms with E-state index in [1.807, 2.05) is 18.2 Å². The molecule has 0 aliphatic rings. The van der Waals surface area contributed by atoms with Crippen molar-refractivity contribution >= 4 is 29.1 Å². The summed E-state index contributed by atoms with van der Waals surface area (Å²) < 4.78 is 5.26. The lowest BCUT2D eigenvalue weighted by molar-refractivity contribution is -0.384. The maximum atomic E-state index is 12.7. The molecule has 0 saturated carbocycles. The minimum Gasteiger partial charge on any atom is -0.496 e. The largest absolute Gasteiger partial charge is 0.496 e. The number of benzene rings is 2. The van der Waals surface area contributed by atoms with Crippen LogP contribution in [0.2, 0.25) is 5.02 Å². The normalized spacial score (nSPS) is 11.6. The summed E-state index contributed by atoms with van der Waals surface area (Å²) >= 11 is 5.78. The lowest BCUT2D eigenvalue weighted by Crippen LogP contribution is -2.49. The lowest BCUT2D eigenvalue weighted by Gasteiger charge is -2.22. The number of nitro benzene ring substituents is 1. The molecule has 0 aliphatic heterocycles. The van der Waals surface area contributed by atoms with Gasteiger partial charge in [0.05, 0.1) is 12.0 Å². The summed E-state index contributed by atoms with van der Waals surface area (Å²) in [4.78, 5) is 35.6. The third kappa shape index (κ3) is 5.68. The summed E-state index contributed by atoms with van der Waals surface area (Å²) in [6, 6.07) is 10.2. The van der Waals surface area contributed by atoms with Gasteiger partial charge in [0.2, 0.25) is 5.91 Å². The molecule has 0 spiro atoms. The molecular weight excluding hydrogens is 398 g/mol. The van der Waals surface area contributed by atoms with Crippen molar-refractivity contribution < 1.29 is 19.2 Å². The average molecular weight is 420 g/mol. The number of halogens is 1. The highest BCUT2D eigenvalue weighted by Crippen LogP contribution is 2.25. The molecule has 2 aromatic carbocycles. The SMILES string of the molecule is COc1ccccc1CNC(=O)C(NC(=O)c1ccc(Cl)c([N+](=O)[O-])c1)C(C)C. The number of ether oxygens (including phenoxy) is 1. The van der Waals surface area contributed by atoms with Crippen LogP contribution in [0, 0.1) is 16.0 Å². The van der Waals surface area contributed by atoms with Crippen molar-refractivity contribution in [3.63, 3.8) is 0 Å². The molecule has 0 aromatic heterocycles. The van der Waals surface area contributed by atoms with Gasteiger partial charge in [0, 0.05) is 23.7 Å². The summed E-state index contributed by atoms with van der Waals surface area (Å²) in [5.41, 5.74) is 0.468. The monoisotopic (exact) mass is 419 g/mol. The molecule has 29 heavy (non-hydrogen) atoms. The standard InChI is InChI=1S/C20H22ClN3O5/c1-12(2)18(20(26)22-11-14-6-4-5-7-17(14)29-3)23-19(25)13-8-9-15(21)16(10-13)24(27)28/h4-10,12,18H,11H2,1-3H3,(H,22,26)(H,23,25). The first kappa shape index (κ1) is 22.2. The number of carbonyl (C=O) groups is 2. The Morgan fingerprint density at radius 2 is 1.90 bits per heavy atom. The van der Waals surface area contributed by atoms with E-state index in [1.54, 1.807) is 27.0 Å². The number of nitrogens with zero attached hydrogens (tertiary/aromatic N) is 1. The molecule has 0 bridgehead atoms. The Morgan fingerprint density at radius 3 is 2.52 bits per heavy atom. The number of methoxy groups -OCH3 is 1. The van der Waals surface area contributed by atoms with Gasteiger partial charge in [-0.1, -0.05) is 43.6 Å². The van der Waals surface area contributed by atoms with Crippen LogP contribution in [0.5, 0.6) is 5.75 Å². The smallest absolute Gasteiger partial charge is 0.288 e. The van der Waals surface area contributed by atoms with E-state index < -0.39 is 16.9 Å². The van der Waals surface area contributed by atoms with Gasteiger partial charge >= 0.3 is 0 Å². The second-order valence-electron chi connectivity index (χ2n) is 6.65. The Balaban J connectivity index is 2.11. The predicted octanol–water partition coefficient (Wildman–Crippen LogP) is 3.33. The van der Waals surface area contributed by atoms with Gasteiger partial charge in [-0.3, -0.25) is 19.7 Å². The van der Waals surface area contributed by atoms with Crippen molar-refractivity contribution in [2.45, 2.75) is 26.4 Å². The number of hydrogen-bond acceptors (Lipinski definition) is 5. The molecule has 0 aliphatic carbocycles. The minimum absolute atomic E-state index is 0.0456. The summed E-state index contributed by atoms with van der Waals surface area (Å²) in [7, 11) is 1.54. The summed E-state index contributed by atoms with van der Waals surface area (Å²) in [6.07, 6.45) is 0. The van der Waals surface area contributed by atoms with Gasteiger partial charge in [-0.05, 0) is 24.1 Å². The highest BCUT2D eigenvalue weighted by Gasteiger charge is 2.26. The second kappa shape index (κ2) is 9.88. The first-order chi connectivity index (χ1) is 13.7. The van der Waals surface area contributed by atoms with Gasteiger partial charge in [-0.2, -0.15) is 0 Å². The topological polar surface area (TPSA) is 111 Å². The number of carbonyl (C=O) groups excluding carboxylic acids is 2. The van der Waals surface area contributed by atoms with Crippen LogP contribution < -0.4 is 15.4 Å². The van der Waals surface area contributed by atoms with E-state index in [-0.39, 0.29) is 34.6 Å². The van der Waals surface area contributed by atoms with Gasteiger partial charge in [0.15, 0.2) is 0 Å². The number of nitrogens with one attached hydrogen (secondary N) is 2. The van der Waals surface area contributed by atoms with Gasteiger partial charge in [0.25, 0.3) is 11.6 Å². The van der Waals surface area contributed by atoms with Crippen molar-refractivity contribution in [1.29, 1.82) is 0 Å². The lowest BCUT2D eigenvalue weighted by atomic mass is 10.0. The van der Waals surface area contributed by atoms with Crippen LogP contribution in [0.3, 0.4) is 0 Å². The number of para-hydroxylation sites is 1. The van der Waals surface area contributed by atoms with E-state index in [0.29, 0.717) is 5.75 Å². The van der Waals surface area contributed by atoms with Crippen molar-refractivity contribution in [1.82, 2.24) is 10.6 Å². The predicted molar refractivity (Wildman–Crippen MR) is 109 cm³/mol. The molecule has 1 unspecified atom stereocenters. The molecule has 154 valence electrons. The van der Waals surface area contributed by atoms with Crippen LogP contribution in [-0.2, 0) is 11.3 Å². The van der Waals surface area contributed by atoms with E-state index in [9.17, 15) is 19.7 Å². The van der Waals surface area contributed by atoms with Crippen molar-refractivity contribution in [3.8, 4) is 5.75 Å². The number of nitro groups is 1. The van der Waals surface area contributed by atoms with Crippen molar-refractivity contribution in [3.05, 3.63) is 68.7 Å². The van der Waals surface area contributed by atoms with E-state index in [2.05, 4.69) is 10.6 Å². The Bertz CT molecular complexity index is 917. The first-order valence-corrected chi connectivity index (χ1v) is 9.26. The van der Waals surface area contributed by atoms with Crippen LogP contribution in [0.1, 0.15) is 29.8 Å². The molecular formula is C20H22ClN3O5. The number of amides is 2. The third-order valence-corrected chi connectivity index (χ3v) is 4.61. The summed E-state index contributed by atoms with van der Waals surface area (Å²) in [5.74, 6) is -0.538. The summed E-state index contributed by atoms with van der Waals surface area (Å²) in [6.45, 7) is 3.81. The second-order valence-corrected chi connectivity index (χ2v) is 7.06. The Hall–Kier alpha value is -3.13. The zero-order valence-corrected chi connectivity index (χ0v) is 17.0. The zero-order chi connectivity index (χ0) is 21.6. The van der Waals surface area contributed by atoms with Gasteiger partial charge in [-0.25, -0.2) is 0 Å². The molecule has 2 rings (SSSR count). The maximum Gasteiger partial charge on any atom is 0.288 e. The zero-order valence-electron chi connectivity index (χ0n) is 16.3. The molecule has 0 saturated heterocycles. The fourth-order valence-electron chi connectivity index (χ4n) is 2.69. The molecule has 2 amide bonds. The molecule has 2 aromatic rings. The molecule has 9 heteroatoms. The van der Waals surface area contributed by atoms with E-state index in [1.165, 1.54) is 12.1 Å². The molecule has 1 atom stereocenters. The molecule has 2 N–H and O–H groups in total. The van der Waals surface area contributed by atoms with E-state index >= 15 is 0 Å². The van der Waals surface area contributed by atoms with Crippen LogP contribution >= 0.6 is 11.6 Å². The minimum atomic E-state index is -0.827. The van der Waals surface area contributed by atoms with Crippen LogP contribution in [0.4, 0.5) is 5.69 Å². The Morgan fingerprint density at radius 1 is 1.21 bits per heavy atom. The highest BCUT2D eigenvalue weighted by atomic mass is 35.5. The molecule has 0 radical (unpaired) electrons. The van der Waals surface area contributed by atoms with Crippen molar-refractivity contribution in [2.24, 2.45) is 5.92 Å². The fourth-order valence-corrected chi connectivity index (χ4v) is 2.88. The van der Waals surface area contributed by atoms with Crippen molar-refractivity contribution in [2.75, 3.05) is 7.11 Å². The summed E-state index contributed by atoms with van der Waals surface area (Å²) in [5, 5.41) is 16.4. The quantitative estimate of drug-likeness (QED) is 0.503. The Kier molecular flexibility index (Phi) is 7.55. The first-order valence-electron chi connectivity index (χ1n) is 8.89. The third-order valence-electron chi connectivity index (χ3n) is 4.29. The van der Waals surface area contributed by atoms with Gasteiger partial charge in [-0.15, -0.1) is 0 Å². The van der Waals surface area contributed by atoms with E-state index in [4.69, 9.17) is 16.3 Å². The molecule has 0 heterocycles. The van der Waals surface area contributed by atoms with E-state index in [0.717, 1.165) is 11.6 Å². The maximum absolute atomic E-state index is 12.7. The van der Waals surface area contributed by atoms with Crippen LogP contribution in [0.15, 0.2) is 42.5 Å². The van der Waals surface area contributed by atoms with Crippen LogP contribution in [-0.4, -0.2) is 29.9 Å².